The van der Waals surface area contributed by atoms with Crippen LogP contribution in [-0.4, -0.2) is 58.5 Å². The highest BCUT2D eigenvalue weighted by Crippen LogP contribution is 2.28. The number of thioether (sulfide) groups is 1. The molecule has 0 spiro atoms. The van der Waals surface area contributed by atoms with E-state index >= 15 is 0 Å². The van der Waals surface area contributed by atoms with Gasteiger partial charge >= 0.3 is 6.03 Å². The molecule has 0 aromatic rings. The van der Waals surface area contributed by atoms with Crippen LogP contribution in [0.1, 0.15) is 13.3 Å². The molecule has 2 aliphatic heterocycles. The van der Waals surface area contributed by atoms with Crippen LogP contribution in [0.4, 0.5) is 4.79 Å². The minimum Gasteiger partial charge on any atom is -0.336 e. The lowest BCUT2D eigenvalue weighted by atomic mass is 10.1. The van der Waals surface area contributed by atoms with Crippen LogP contribution < -0.4 is 5.32 Å². The van der Waals surface area contributed by atoms with Gasteiger partial charge in [-0.15, -0.1) is 6.58 Å². The van der Waals surface area contributed by atoms with Crippen LogP contribution in [0.5, 0.6) is 0 Å². The highest BCUT2D eigenvalue weighted by Gasteiger charge is 2.48. The molecule has 0 bridgehead atoms. The average molecular weight is 282 g/mol. The average Bonchev–Trinajstić information content (AvgIpc) is 2.74. The molecular weight excluding hydrogens is 264 g/mol. The number of rotatable bonds is 4. The van der Waals surface area contributed by atoms with E-state index in [1.54, 1.807) is 24.9 Å². The van der Waals surface area contributed by atoms with Crippen LogP contribution in [0.3, 0.4) is 0 Å². The number of fused-ring (bicyclic) bond motifs is 1. The van der Waals surface area contributed by atoms with Gasteiger partial charge in [0, 0.05) is 19.3 Å². The molecule has 0 radical (unpaired) electrons. The van der Waals surface area contributed by atoms with Gasteiger partial charge in [0.05, 0.1) is 0 Å². The number of imide groups is 1. The number of nitrogens with zero attached hydrogens (tertiary/aromatic N) is 3. The number of hydrogen-bond donors (Lipinski definition) is 1. The second-order valence-electron chi connectivity index (χ2n) is 4.47. The number of aliphatic imine (C=N–C) groups is 1. The molecule has 19 heavy (non-hydrogen) atoms. The fraction of sp³-hybridized carbons (Fsp3) is 0.583. The molecule has 2 heterocycles. The molecule has 1 saturated heterocycles. The molecule has 2 atom stereocenters. The van der Waals surface area contributed by atoms with Crippen molar-refractivity contribution < 1.29 is 9.59 Å². The maximum absolute atomic E-state index is 12.0. The highest BCUT2D eigenvalue weighted by molar-refractivity contribution is 8.13. The van der Waals surface area contributed by atoms with E-state index in [4.69, 9.17) is 0 Å². The number of carbonyl (C=O) groups excluding carboxylic acids is 2. The number of amides is 3. The molecule has 2 aliphatic rings. The zero-order chi connectivity index (χ0) is 14.0. The van der Waals surface area contributed by atoms with E-state index in [1.807, 2.05) is 4.90 Å². The molecule has 0 aromatic carbocycles. The Kier molecular flexibility index (Phi) is 4.14. The maximum Gasteiger partial charge on any atom is 0.325 e. The lowest BCUT2D eigenvalue weighted by Crippen LogP contribution is -2.63. The molecule has 2 unspecified atom stereocenters. The summed E-state index contributed by atoms with van der Waals surface area (Å²) in [5.74, 6) is 0.470. The van der Waals surface area contributed by atoms with Gasteiger partial charge in [-0.25, -0.2) is 9.79 Å². The molecule has 7 heteroatoms. The number of amidine groups is 1. The predicted octanol–water partition coefficient (Wildman–Crippen LogP) is 0.863. The third-order valence-corrected chi connectivity index (χ3v) is 4.12. The molecule has 2 rings (SSSR count). The molecule has 104 valence electrons. The molecule has 3 amide bonds. The third kappa shape index (κ3) is 2.47. The molecule has 0 aliphatic carbocycles. The predicted molar refractivity (Wildman–Crippen MR) is 76.0 cm³/mol. The van der Waals surface area contributed by atoms with E-state index in [2.05, 4.69) is 23.8 Å². The minimum absolute atomic E-state index is 0.264. The van der Waals surface area contributed by atoms with Gasteiger partial charge in [-0.3, -0.25) is 10.1 Å². The summed E-state index contributed by atoms with van der Waals surface area (Å²) >= 11 is 1.54. The van der Waals surface area contributed by atoms with Crippen LogP contribution in [-0.2, 0) is 4.79 Å². The summed E-state index contributed by atoms with van der Waals surface area (Å²) in [6.45, 7) is 6.49. The van der Waals surface area contributed by atoms with Crippen LogP contribution in [0.2, 0.25) is 0 Å². The van der Waals surface area contributed by atoms with Crippen molar-refractivity contribution in [3.63, 3.8) is 0 Å². The molecule has 1 fully saturated rings. The van der Waals surface area contributed by atoms with Gasteiger partial charge < -0.3 is 9.80 Å². The Morgan fingerprint density at radius 3 is 2.89 bits per heavy atom. The van der Waals surface area contributed by atoms with E-state index in [0.717, 1.165) is 23.9 Å². The first-order chi connectivity index (χ1) is 9.10. The second kappa shape index (κ2) is 5.64. The van der Waals surface area contributed by atoms with Crippen molar-refractivity contribution in [1.29, 1.82) is 0 Å². The Labute approximate surface area is 116 Å². The standard InChI is InChI=1S/C12H18N4O2S/c1-4-6-16-8-9(13-12(16)19-7-5-2)15(3)11(18)14-10(8)17/h5,8-9H,2,4,6-7H2,1,3H3,(H,14,17,18). The summed E-state index contributed by atoms with van der Waals surface area (Å²) in [5.41, 5.74) is 0. The Morgan fingerprint density at radius 2 is 2.26 bits per heavy atom. The van der Waals surface area contributed by atoms with Crippen LogP contribution >= 0.6 is 11.8 Å². The summed E-state index contributed by atoms with van der Waals surface area (Å²) in [4.78, 5) is 31.6. The minimum atomic E-state index is -0.417. The second-order valence-corrected chi connectivity index (χ2v) is 5.46. The summed E-state index contributed by atoms with van der Waals surface area (Å²) in [7, 11) is 1.66. The number of likely N-dealkylation sites (N-methyl/N-ethyl adjacent to an activating group) is 1. The van der Waals surface area contributed by atoms with Crippen molar-refractivity contribution >= 4 is 28.9 Å². The number of nitrogens with one attached hydrogen (secondary N) is 1. The molecule has 0 saturated carbocycles. The topological polar surface area (TPSA) is 65.0 Å². The lowest BCUT2D eigenvalue weighted by Gasteiger charge is -2.36. The van der Waals surface area contributed by atoms with Gasteiger partial charge in [-0.05, 0) is 6.42 Å². The van der Waals surface area contributed by atoms with Crippen molar-refractivity contribution in [3.8, 4) is 0 Å². The Bertz CT molecular complexity index is 437. The number of urea groups is 1. The summed E-state index contributed by atoms with van der Waals surface area (Å²) < 4.78 is 0. The van der Waals surface area contributed by atoms with E-state index in [9.17, 15) is 9.59 Å². The fourth-order valence-electron chi connectivity index (χ4n) is 2.23. The molecular formula is C12H18N4O2S. The number of carbonyl (C=O) groups is 2. The Morgan fingerprint density at radius 1 is 1.53 bits per heavy atom. The van der Waals surface area contributed by atoms with Crippen LogP contribution in [0, 0.1) is 0 Å². The molecule has 0 aromatic heterocycles. The highest BCUT2D eigenvalue weighted by atomic mass is 32.2. The Balaban J connectivity index is 2.26. The lowest BCUT2D eigenvalue weighted by molar-refractivity contribution is -0.127. The third-order valence-electron chi connectivity index (χ3n) is 3.12. The van der Waals surface area contributed by atoms with Gasteiger partial charge in [0.15, 0.2) is 17.4 Å². The van der Waals surface area contributed by atoms with Crippen molar-refractivity contribution in [1.82, 2.24) is 15.1 Å². The summed E-state index contributed by atoms with van der Waals surface area (Å²) in [6.07, 6.45) is 2.30. The number of hydrogen-bond acceptors (Lipinski definition) is 5. The molecule has 1 N–H and O–H groups in total. The van der Waals surface area contributed by atoms with E-state index in [-0.39, 0.29) is 11.9 Å². The van der Waals surface area contributed by atoms with Gasteiger partial charge in [0.2, 0.25) is 0 Å². The SMILES string of the molecule is C=CCSC1=NC2C(C(=O)NC(=O)N2C)N1CCC. The van der Waals surface area contributed by atoms with Gasteiger partial charge in [0.25, 0.3) is 5.91 Å². The first-order valence-electron chi connectivity index (χ1n) is 6.26. The summed E-state index contributed by atoms with van der Waals surface area (Å²) in [6, 6.07) is -0.795. The van der Waals surface area contributed by atoms with E-state index in [1.165, 1.54) is 4.90 Å². The van der Waals surface area contributed by atoms with Gasteiger partial charge in [-0.1, -0.05) is 24.8 Å². The normalized spacial score (nSPS) is 26.1. The summed E-state index contributed by atoms with van der Waals surface area (Å²) in [5, 5.41) is 3.18. The molecule has 6 nitrogen and oxygen atoms in total. The van der Waals surface area contributed by atoms with Crippen molar-refractivity contribution in [2.24, 2.45) is 4.99 Å². The monoisotopic (exact) mass is 282 g/mol. The Hall–Kier alpha value is -1.50. The van der Waals surface area contributed by atoms with Gasteiger partial charge in [0.1, 0.15) is 0 Å². The van der Waals surface area contributed by atoms with Crippen molar-refractivity contribution in [2.45, 2.75) is 25.6 Å². The van der Waals surface area contributed by atoms with Crippen LogP contribution in [0.25, 0.3) is 0 Å². The quantitative estimate of drug-likeness (QED) is 0.777. The largest absolute Gasteiger partial charge is 0.336 e. The zero-order valence-electron chi connectivity index (χ0n) is 11.1. The maximum atomic E-state index is 12.0. The smallest absolute Gasteiger partial charge is 0.325 e. The van der Waals surface area contributed by atoms with Crippen molar-refractivity contribution in [2.75, 3.05) is 19.3 Å². The zero-order valence-corrected chi connectivity index (χ0v) is 11.9. The van der Waals surface area contributed by atoms with E-state index < -0.39 is 12.2 Å². The van der Waals surface area contributed by atoms with E-state index in [0.29, 0.717) is 0 Å². The fourth-order valence-corrected chi connectivity index (χ4v) is 3.05. The first-order valence-corrected chi connectivity index (χ1v) is 7.24. The first kappa shape index (κ1) is 13.9. The van der Waals surface area contributed by atoms with Crippen molar-refractivity contribution in [3.05, 3.63) is 12.7 Å². The van der Waals surface area contributed by atoms with Crippen LogP contribution in [0.15, 0.2) is 17.6 Å². The van der Waals surface area contributed by atoms with Gasteiger partial charge in [-0.2, -0.15) is 0 Å².